The average molecular weight is 551 g/mol. The fraction of sp³-hybridized carbons (Fsp3) is 0.400. The summed E-state index contributed by atoms with van der Waals surface area (Å²) in [5.41, 5.74) is 0.411. The number of morpholine rings is 1. The van der Waals surface area contributed by atoms with E-state index in [2.05, 4.69) is 22.6 Å². The van der Waals surface area contributed by atoms with Crippen LogP contribution in [0, 0.1) is 0 Å². The van der Waals surface area contributed by atoms with Gasteiger partial charge in [0.2, 0.25) is 0 Å². The molecule has 0 aliphatic carbocycles. The standard InChI is InChI=1S/C25H30INO5/c1-25(2,3)32-24(28)27-15-17-30-22(18-27)23(19-10-5-4-6-11-19)31-21-13-8-7-12-20(21)29-16-9-14-26/h4-14,22-23H,15-18H2,1-3H3/b14-9+/t22-,23-/m0/s1. The van der Waals surface area contributed by atoms with Crippen LogP contribution in [0.25, 0.3) is 0 Å². The molecule has 6 nitrogen and oxygen atoms in total. The van der Waals surface area contributed by atoms with Crippen LogP contribution >= 0.6 is 22.6 Å². The van der Waals surface area contributed by atoms with E-state index in [9.17, 15) is 4.79 Å². The number of rotatable bonds is 7. The van der Waals surface area contributed by atoms with Crippen molar-refractivity contribution in [2.45, 2.75) is 38.6 Å². The van der Waals surface area contributed by atoms with Crippen LogP contribution in [0.3, 0.4) is 0 Å². The molecule has 3 rings (SSSR count). The maximum atomic E-state index is 12.7. The second-order valence-corrected chi connectivity index (χ2v) is 9.12. The fourth-order valence-electron chi connectivity index (χ4n) is 3.33. The van der Waals surface area contributed by atoms with E-state index in [4.69, 9.17) is 18.9 Å². The maximum absolute atomic E-state index is 12.7. The summed E-state index contributed by atoms with van der Waals surface area (Å²) < 4.78 is 25.9. The Morgan fingerprint density at radius 3 is 2.53 bits per heavy atom. The van der Waals surface area contributed by atoms with Crippen LogP contribution in [0.4, 0.5) is 4.79 Å². The molecule has 0 aromatic heterocycles. The minimum atomic E-state index is -0.553. The number of carbonyl (C=O) groups excluding carboxylic acids is 1. The zero-order valence-electron chi connectivity index (χ0n) is 18.7. The Bertz CT molecular complexity index is 897. The average Bonchev–Trinajstić information content (AvgIpc) is 2.78. The molecule has 1 aliphatic rings. The first-order valence-electron chi connectivity index (χ1n) is 10.7. The van der Waals surface area contributed by atoms with E-state index in [0.717, 1.165) is 5.56 Å². The Morgan fingerprint density at radius 1 is 1.16 bits per heavy atom. The molecule has 2 aromatic rings. The van der Waals surface area contributed by atoms with Crippen LogP contribution in [0.15, 0.2) is 64.8 Å². The highest BCUT2D eigenvalue weighted by atomic mass is 127. The highest BCUT2D eigenvalue weighted by molar-refractivity contribution is 14.1. The smallest absolute Gasteiger partial charge is 0.410 e. The van der Waals surface area contributed by atoms with Crippen molar-refractivity contribution in [3.63, 3.8) is 0 Å². The first kappa shape index (κ1) is 24.4. The normalized spacial score (nSPS) is 17.8. The van der Waals surface area contributed by atoms with Gasteiger partial charge in [0, 0.05) is 6.54 Å². The molecule has 1 fully saturated rings. The Hall–Kier alpha value is -2.26. The molecule has 32 heavy (non-hydrogen) atoms. The molecule has 0 N–H and O–H groups in total. The fourth-order valence-corrected chi connectivity index (χ4v) is 3.54. The summed E-state index contributed by atoms with van der Waals surface area (Å²) in [6, 6.07) is 17.5. The third-order valence-electron chi connectivity index (χ3n) is 4.74. The summed E-state index contributed by atoms with van der Waals surface area (Å²) >= 11 is 2.16. The molecule has 0 spiro atoms. The summed E-state index contributed by atoms with van der Waals surface area (Å²) in [5, 5.41) is 0. The minimum absolute atomic E-state index is 0.341. The quantitative estimate of drug-likeness (QED) is 0.409. The second-order valence-electron chi connectivity index (χ2n) is 8.40. The lowest BCUT2D eigenvalue weighted by atomic mass is 10.0. The number of ether oxygens (including phenoxy) is 4. The van der Waals surface area contributed by atoms with Crippen LogP contribution in [-0.2, 0) is 9.47 Å². The van der Waals surface area contributed by atoms with E-state index in [-0.39, 0.29) is 12.2 Å². The number of halogens is 1. The van der Waals surface area contributed by atoms with E-state index in [0.29, 0.717) is 37.8 Å². The molecule has 1 saturated heterocycles. The Morgan fingerprint density at radius 2 is 1.84 bits per heavy atom. The lowest BCUT2D eigenvalue weighted by Gasteiger charge is -2.37. The van der Waals surface area contributed by atoms with Crippen molar-refractivity contribution in [1.29, 1.82) is 0 Å². The zero-order chi connectivity index (χ0) is 23.0. The Balaban J connectivity index is 1.82. The van der Waals surface area contributed by atoms with Crippen molar-refractivity contribution in [3.05, 3.63) is 70.3 Å². The van der Waals surface area contributed by atoms with Crippen LogP contribution in [-0.4, -0.2) is 49.0 Å². The van der Waals surface area contributed by atoms with E-state index in [1.807, 2.05) is 85.5 Å². The van der Waals surface area contributed by atoms with E-state index in [1.54, 1.807) is 4.90 Å². The van der Waals surface area contributed by atoms with Crippen molar-refractivity contribution in [2.75, 3.05) is 26.3 Å². The molecule has 0 saturated carbocycles. The van der Waals surface area contributed by atoms with Crippen LogP contribution in [0.1, 0.15) is 32.4 Å². The van der Waals surface area contributed by atoms with Crippen LogP contribution < -0.4 is 9.47 Å². The van der Waals surface area contributed by atoms with Gasteiger partial charge in [-0.2, -0.15) is 0 Å². The van der Waals surface area contributed by atoms with Gasteiger partial charge < -0.3 is 23.8 Å². The maximum Gasteiger partial charge on any atom is 0.410 e. The third kappa shape index (κ3) is 7.13. The first-order valence-corrected chi connectivity index (χ1v) is 11.9. The van der Waals surface area contributed by atoms with Gasteiger partial charge in [0.15, 0.2) is 17.6 Å². The molecule has 1 aliphatic heterocycles. The summed E-state index contributed by atoms with van der Waals surface area (Å²) in [7, 11) is 0. The summed E-state index contributed by atoms with van der Waals surface area (Å²) in [6.45, 7) is 7.31. The number of nitrogens with zero attached hydrogens (tertiary/aromatic N) is 1. The highest BCUT2D eigenvalue weighted by Gasteiger charge is 2.35. The largest absolute Gasteiger partial charge is 0.486 e. The first-order chi connectivity index (χ1) is 15.4. The summed E-state index contributed by atoms with van der Waals surface area (Å²) in [6.07, 6.45) is 0.800. The number of para-hydroxylation sites is 2. The van der Waals surface area contributed by atoms with Gasteiger partial charge in [-0.25, -0.2) is 4.79 Å². The van der Waals surface area contributed by atoms with Crippen molar-refractivity contribution in [2.24, 2.45) is 0 Å². The van der Waals surface area contributed by atoms with E-state index in [1.165, 1.54) is 0 Å². The number of amides is 1. The van der Waals surface area contributed by atoms with Crippen molar-refractivity contribution >= 4 is 28.7 Å². The minimum Gasteiger partial charge on any atom is -0.486 e. The zero-order valence-corrected chi connectivity index (χ0v) is 20.9. The summed E-state index contributed by atoms with van der Waals surface area (Å²) in [5.74, 6) is 1.28. The Kier molecular flexibility index (Phi) is 8.81. The van der Waals surface area contributed by atoms with Crippen molar-refractivity contribution in [3.8, 4) is 11.5 Å². The van der Waals surface area contributed by atoms with Gasteiger partial charge in [-0.1, -0.05) is 65.1 Å². The topological polar surface area (TPSA) is 57.2 Å². The van der Waals surface area contributed by atoms with Gasteiger partial charge in [-0.05, 0) is 48.6 Å². The predicted molar refractivity (Wildman–Crippen MR) is 132 cm³/mol. The molecule has 0 bridgehead atoms. The predicted octanol–water partition coefficient (Wildman–Crippen LogP) is 5.77. The van der Waals surface area contributed by atoms with E-state index >= 15 is 0 Å². The molecule has 1 heterocycles. The second kappa shape index (κ2) is 11.6. The van der Waals surface area contributed by atoms with Gasteiger partial charge in [-0.15, -0.1) is 0 Å². The number of hydrogen-bond acceptors (Lipinski definition) is 5. The monoisotopic (exact) mass is 551 g/mol. The van der Waals surface area contributed by atoms with Gasteiger partial charge in [0.1, 0.15) is 18.3 Å². The SMILES string of the molecule is CC(C)(C)OC(=O)N1CCO[C@H]([C@@H](Oc2ccccc2OC/C=C/I)c2ccccc2)C1. The van der Waals surface area contributed by atoms with E-state index < -0.39 is 11.7 Å². The van der Waals surface area contributed by atoms with Gasteiger partial charge in [0.25, 0.3) is 0 Å². The molecule has 1 amide bonds. The number of hydrogen-bond donors (Lipinski definition) is 0. The highest BCUT2D eigenvalue weighted by Crippen LogP contribution is 2.34. The Labute approximate surface area is 203 Å². The molecule has 172 valence electrons. The van der Waals surface area contributed by atoms with Crippen molar-refractivity contribution < 1.29 is 23.7 Å². The van der Waals surface area contributed by atoms with Gasteiger partial charge in [0.05, 0.1) is 13.2 Å². The number of benzene rings is 2. The van der Waals surface area contributed by atoms with Crippen LogP contribution in [0.5, 0.6) is 11.5 Å². The lowest BCUT2D eigenvalue weighted by molar-refractivity contribution is -0.0840. The lowest BCUT2D eigenvalue weighted by Crippen LogP contribution is -2.50. The van der Waals surface area contributed by atoms with Crippen molar-refractivity contribution in [1.82, 2.24) is 4.90 Å². The molecule has 7 heteroatoms. The van der Waals surface area contributed by atoms with Gasteiger partial charge >= 0.3 is 6.09 Å². The third-order valence-corrected chi connectivity index (χ3v) is 5.25. The molecular weight excluding hydrogens is 521 g/mol. The molecule has 0 radical (unpaired) electrons. The molecular formula is C25H30INO5. The summed E-state index contributed by atoms with van der Waals surface area (Å²) in [4.78, 5) is 14.3. The van der Waals surface area contributed by atoms with Gasteiger partial charge in [-0.3, -0.25) is 0 Å². The molecule has 0 unspecified atom stereocenters. The molecule has 2 atom stereocenters. The molecule has 2 aromatic carbocycles. The van der Waals surface area contributed by atoms with Crippen LogP contribution in [0.2, 0.25) is 0 Å². The number of carbonyl (C=O) groups is 1.